The van der Waals surface area contributed by atoms with Gasteiger partial charge in [0.05, 0.1) is 6.42 Å². The van der Waals surface area contributed by atoms with Crippen LogP contribution in [-0.2, 0) is 16.0 Å². The molecule has 1 aromatic carbocycles. The van der Waals surface area contributed by atoms with Crippen LogP contribution in [0.1, 0.15) is 37.7 Å². The van der Waals surface area contributed by atoms with Crippen LogP contribution in [0, 0.1) is 5.92 Å². The lowest BCUT2D eigenvalue weighted by molar-refractivity contribution is -0.120. The van der Waals surface area contributed by atoms with E-state index in [9.17, 15) is 9.59 Å². The lowest BCUT2D eigenvalue weighted by atomic mass is 9.88. The Morgan fingerprint density at radius 2 is 1.74 bits per heavy atom. The summed E-state index contributed by atoms with van der Waals surface area (Å²) in [7, 11) is 0. The number of primary amides is 1. The van der Waals surface area contributed by atoms with Crippen LogP contribution in [0.2, 0.25) is 0 Å². The second-order valence-corrected chi connectivity index (χ2v) is 5.16. The average molecular weight is 260 g/mol. The van der Waals surface area contributed by atoms with Crippen molar-refractivity contribution in [3.63, 3.8) is 0 Å². The van der Waals surface area contributed by atoms with Gasteiger partial charge in [-0.25, -0.2) is 0 Å². The minimum absolute atomic E-state index is 0.113. The summed E-state index contributed by atoms with van der Waals surface area (Å²) in [5, 5.41) is 2.94. The van der Waals surface area contributed by atoms with Crippen LogP contribution in [0.4, 0.5) is 5.69 Å². The van der Waals surface area contributed by atoms with Crippen molar-refractivity contribution in [1.29, 1.82) is 0 Å². The van der Waals surface area contributed by atoms with E-state index in [1.165, 1.54) is 6.42 Å². The monoisotopic (exact) mass is 260 g/mol. The van der Waals surface area contributed by atoms with Crippen LogP contribution < -0.4 is 11.1 Å². The molecule has 1 fully saturated rings. The van der Waals surface area contributed by atoms with E-state index in [4.69, 9.17) is 5.73 Å². The van der Waals surface area contributed by atoms with Crippen LogP contribution in [0.25, 0.3) is 0 Å². The molecule has 0 saturated heterocycles. The molecule has 2 rings (SSSR count). The third kappa shape index (κ3) is 4.09. The number of amides is 2. The molecule has 0 atom stereocenters. The summed E-state index contributed by atoms with van der Waals surface area (Å²) < 4.78 is 0. The summed E-state index contributed by atoms with van der Waals surface area (Å²) >= 11 is 0. The highest BCUT2D eigenvalue weighted by atomic mass is 16.2. The van der Waals surface area contributed by atoms with Gasteiger partial charge in [-0.2, -0.15) is 0 Å². The van der Waals surface area contributed by atoms with Crippen LogP contribution in [0.5, 0.6) is 0 Å². The summed E-state index contributed by atoms with van der Waals surface area (Å²) in [6.07, 6.45) is 5.75. The molecular weight excluding hydrogens is 240 g/mol. The molecule has 3 N–H and O–H groups in total. The van der Waals surface area contributed by atoms with Gasteiger partial charge in [-0.3, -0.25) is 9.59 Å². The first kappa shape index (κ1) is 13.6. The van der Waals surface area contributed by atoms with E-state index >= 15 is 0 Å². The molecule has 4 heteroatoms. The van der Waals surface area contributed by atoms with Crippen LogP contribution >= 0.6 is 0 Å². The van der Waals surface area contributed by atoms with Gasteiger partial charge in [0.15, 0.2) is 0 Å². The molecule has 2 amide bonds. The maximum absolute atomic E-state index is 12.0. The summed E-state index contributed by atoms with van der Waals surface area (Å²) in [6, 6.07) is 7.28. The molecule has 1 saturated carbocycles. The fourth-order valence-corrected chi connectivity index (χ4v) is 2.52. The van der Waals surface area contributed by atoms with Gasteiger partial charge in [-0.15, -0.1) is 0 Å². The molecule has 1 aliphatic carbocycles. The highest BCUT2D eigenvalue weighted by Crippen LogP contribution is 2.25. The maximum Gasteiger partial charge on any atom is 0.227 e. The molecule has 0 aliphatic heterocycles. The third-order valence-electron chi connectivity index (χ3n) is 3.58. The van der Waals surface area contributed by atoms with E-state index in [-0.39, 0.29) is 24.2 Å². The summed E-state index contributed by atoms with van der Waals surface area (Å²) in [6.45, 7) is 0. The van der Waals surface area contributed by atoms with E-state index in [0.717, 1.165) is 36.9 Å². The number of nitrogens with two attached hydrogens (primary N) is 1. The van der Waals surface area contributed by atoms with E-state index in [0.29, 0.717) is 0 Å². The first-order chi connectivity index (χ1) is 9.15. The van der Waals surface area contributed by atoms with E-state index < -0.39 is 0 Å². The van der Waals surface area contributed by atoms with E-state index in [1.54, 1.807) is 0 Å². The quantitative estimate of drug-likeness (QED) is 0.871. The number of anilines is 1. The average Bonchev–Trinajstić information content (AvgIpc) is 2.41. The van der Waals surface area contributed by atoms with Crippen molar-refractivity contribution in [2.24, 2.45) is 11.7 Å². The molecule has 19 heavy (non-hydrogen) atoms. The van der Waals surface area contributed by atoms with Gasteiger partial charge in [0.25, 0.3) is 0 Å². The number of hydrogen-bond donors (Lipinski definition) is 2. The van der Waals surface area contributed by atoms with Crippen molar-refractivity contribution < 1.29 is 9.59 Å². The lowest BCUT2D eigenvalue weighted by Gasteiger charge is -2.20. The predicted octanol–water partition coefficient (Wildman–Crippen LogP) is 2.23. The Morgan fingerprint density at radius 3 is 2.32 bits per heavy atom. The summed E-state index contributed by atoms with van der Waals surface area (Å²) in [5.41, 5.74) is 6.78. The van der Waals surface area contributed by atoms with Crippen molar-refractivity contribution in [1.82, 2.24) is 0 Å². The highest BCUT2D eigenvalue weighted by Gasteiger charge is 2.20. The molecule has 0 heterocycles. The Hall–Kier alpha value is -1.84. The first-order valence-corrected chi connectivity index (χ1v) is 6.83. The molecule has 0 radical (unpaired) electrons. The number of carbonyl (C=O) groups excluding carboxylic acids is 2. The number of rotatable bonds is 4. The van der Waals surface area contributed by atoms with Gasteiger partial charge >= 0.3 is 0 Å². The van der Waals surface area contributed by atoms with E-state index in [2.05, 4.69) is 5.32 Å². The second kappa shape index (κ2) is 6.36. The highest BCUT2D eigenvalue weighted by molar-refractivity contribution is 5.92. The molecule has 0 spiro atoms. The van der Waals surface area contributed by atoms with E-state index in [1.807, 2.05) is 24.3 Å². The van der Waals surface area contributed by atoms with Crippen molar-refractivity contribution >= 4 is 17.5 Å². The normalized spacial score (nSPS) is 16.0. The van der Waals surface area contributed by atoms with Gasteiger partial charge in [0.1, 0.15) is 0 Å². The number of benzene rings is 1. The predicted molar refractivity (Wildman–Crippen MR) is 74.5 cm³/mol. The molecule has 0 aromatic heterocycles. The Labute approximate surface area is 113 Å². The minimum atomic E-state index is -0.348. The summed E-state index contributed by atoms with van der Waals surface area (Å²) in [5.74, 6) is -0.0830. The number of nitrogens with one attached hydrogen (secondary N) is 1. The molecule has 4 nitrogen and oxygen atoms in total. The lowest BCUT2D eigenvalue weighted by Crippen LogP contribution is -2.24. The van der Waals surface area contributed by atoms with Crippen molar-refractivity contribution in [2.45, 2.75) is 38.5 Å². The second-order valence-electron chi connectivity index (χ2n) is 5.16. The van der Waals surface area contributed by atoms with Crippen LogP contribution in [-0.4, -0.2) is 11.8 Å². The topological polar surface area (TPSA) is 72.2 Å². The van der Waals surface area contributed by atoms with Crippen molar-refractivity contribution in [3.05, 3.63) is 29.8 Å². The zero-order chi connectivity index (χ0) is 13.7. The zero-order valence-corrected chi connectivity index (χ0v) is 11.0. The summed E-state index contributed by atoms with van der Waals surface area (Å²) in [4.78, 5) is 22.8. The molecule has 0 unspecified atom stereocenters. The van der Waals surface area contributed by atoms with Gasteiger partial charge in [-0.05, 0) is 30.5 Å². The molecule has 102 valence electrons. The molecule has 0 bridgehead atoms. The maximum atomic E-state index is 12.0. The van der Waals surface area contributed by atoms with Gasteiger partial charge in [0, 0.05) is 11.6 Å². The van der Waals surface area contributed by atoms with Crippen molar-refractivity contribution in [3.8, 4) is 0 Å². The number of carbonyl (C=O) groups is 2. The van der Waals surface area contributed by atoms with Gasteiger partial charge < -0.3 is 11.1 Å². The Bertz CT molecular complexity index is 448. The van der Waals surface area contributed by atoms with Crippen LogP contribution in [0.15, 0.2) is 24.3 Å². The Kier molecular flexibility index (Phi) is 4.55. The molecule has 1 aliphatic rings. The minimum Gasteiger partial charge on any atom is -0.369 e. The van der Waals surface area contributed by atoms with Crippen molar-refractivity contribution in [2.75, 3.05) is 5.32 Å². The SMILES string of the molecule is NC(=O)Cc1ccc(NC(=O)C2CCCCC2)cc1. The fourth-order valence-electron chi connectivity index (χ4n) is 2.52. The third-order valence-corrected chi connectivity index (χ3v) is 3.58. The first-order valence-electron chi connectivity index (χ1n) is 6.83. The smallest absolute Gasteiger partial charge is 0.227 e. The standard InChI is InChI=1S/C15H20N2O2/c16-14(18)10-11-6-8-13(9-7-11)17-15(19)12-4-2-1-3-5-12/h6-9,12H,1-5,10H2,(H2,16,18)(H,17,19). The Morgan fingerprint density at radius 1 is 1.11 bits per heavy atom. The van der Waals surface area contributed by atoms with Gasteiger partial charge in [0.2, 0.25) is 11.8 Å². The van der Waals surface area contributed by atoms with Crippen LogP contribution in [0.3, 0.4) is 0 Å². The molecular formula is C15H20N2O2. The Balaban J connectivity index is 1.91. The van der Waals surface area contributed by atoms with Gasteiger partial charge in [-0.1, -0.05) is 31.4 Å². The number of hydrogen-bond acceptors (Lipinski definition) is 2. The zero-order valence-electron chi connectivity index (χ0n) is 11.0. The largest absolute Gasteiger partial charge is 0.369 e. The molecule has 1 aromatic rings. The fraction of sp³-hybridized carbons (Fsp3) is 0.467.